The summed E-state index contributed by atoms with van der Waals surface area (Å²) in [7, 11) is 1.50. The van der Waals surface area contributed by atoms with Gasteiger partial charge in [-0.2, -0.15) is 0 Å². The zero-order valence-electron chi connectivity index (χ0n) is 11.6. The molecule has 0 spiro atoms. The van der Waals surface area contributed by atoms with Gasteiger partial charge in [-0.15, -0.1) is 0 Å². The van der Waals surface area contributed by atoms with Crippen LogP contribution in [0.3, 0.4) is 0 Å². The Morgan fingerprint density at radius 2 is 1.73 bits per heavy atom. The average molecular weight is 366 g/mol. The van der Waals surface area contributed by atoms with E-state index in [0.717, 1.165) is 0 Å². The third-order valence-electron chi connectivity index (χ3n) is 2.78. The highest BCUT2D eigenvalue weighted by Crippen LogP contribution is 2.19. The third-order valence-corrected chi connectivity index (χ3v) is 3.27. The van der Waals surface area contributed by atoms with Crippen LogP contribution in [-0.4, -0.2) is 19.0 Å². The molecule has 0 aromatic heterocycles. The molecular formula is C15H13BrFN3O2. The van der Waals surface area contributed by atoms with Crippen molar-refractivity contribution in [3.63, 3.8) is 0 Å². The van der Waals surface area contributed by atoms with Crippen molar-refractivity contribution in [2.75, 3.05) is 17.7 Å². The van der Waals surface area contributed by atoms with Gasteiger partial charge in [-0.3, -0.25) is 4.79 Å². The minimum absolute atomic E-state index is 0.0703. The molecule has 0 heterocycles. The van der Waals surface area contributed by atoms with Crippen LogP contribution in [0.5, 0.6) is 0 Å². The molecule has 22 heavy (non-hydrogen) atoms. The van der Waals surface area contributed by atoms with Gasteiger partial charge in [-0.25, -0.2) is 9.18 Å². The number of anilines is 2. The zero-order valence-corrected chi connectivity index (χ0v) is 13.2. The highest BCUT2D eigenvalue weighted by molar-refractivity contribution is 9.10. The third kappa shape index (κ3) is 4.05. The number of hydrogen-bond acceptors (Lipinski definition) is 2. The van der Waals surface area contributed by atoms with Gasteiger partial charge in [0, 0.05) is 22.9 Å². The van der Waals surface area contributed by atoms with Gasteiger partial charge in [0.15, 0.2) is 0 Å². The first-order chi connectivity index (χ1) is 10.5. The molecule has 7 heteroatoms. The summed E-state index contributed by atoms with van der Waals surface area (Å²) in [6.07, 6.45) is 0. The maximum absolute atomic E-state index is 13.7. The minimum atomic E-state index is -0.611. The monoisotopic (exact) mass is 365 g/mol. The number of hydrogen-bond donors (Lipinski definition) is 3. The predicted molar refractivity (Wildman–Crippen MR) is 86.6 cm³/mol. The average Bonchev–Trinajstić information content (AvgIpc) is 2.49. The van der Waals surface area contributed by atoms with Crippen molar-refractivity contribution >= 4 is 39.2 Å². The van der Waals surface area contributed by atoms with Gasteiger partial charge in [-0.1, -0.05) is 22.0 Å². The quantitative estimate of drug-likeness (QED) is 0.777. The fourth-order valence-corrected chi connectivity index (χ4v) is 2.10. The van der Waals surface area contributed by atoms with Crippen molar-refractivity contribution < 1.29 is 14.0 Å². The Hall–Kier alpha value is -2.41. The highest BCUT2D eigenvalue weighted by atomic mass is 79.9. The van der Waals surface area contributed by atoms with E-state index >= 15 is 0 Å². The van der Waals surface area contributed by atoms with Gasteiger partial charge in [-0.05, 0) is 36.4 Å². The molecule has 5 nitrogen and oxygen atoms in total. The van der Waals surface area contributed by atoms with E-state index in [1.165, 1.54) is 25.2 Å². The Kier molecular flexibility index (Phi) is 5.11. The lowest BCUT2D eigenvalue weighted by molar-refractivity contribution is 0.102. The number of urea groups is 1. The molecule has 0 atom stereocenters. The van der Waals surface area contributed by atoms with Gasteiger partial charge in [0.1, 0.15) is 5.82 Å². The Labute approximate surface area is 135 Å². The van der Waals surface area contributed by atoms with Gasteiger partial charge in [0.05, 0.1) is 5.56 Å². The summed E-state index contributed by atoms with van der Waals surface area (Å²) in [4.78, 5) is 23.4. The molecule has 0 aliphatic heterocycles. The summed E-state index contributed by atoms with van der Waals surface area (Å²) < 4.78 is 14.3. The number of halogens is 2. The lowest BCUT2D eigenvalue weighted by Crippen LogP contribution is -2.24. The molecule has 0 aliphatic rings. The van der Waals surface area contributed by atoms with Gasteiger partial charge in [0.25, 0.3) is 5.91 Å². The van der Waals surface area contributed by atoms with Gasteiger partial charge >= 0.3 is 6.03 Å². The Bertz CT molecular complexity index is 722. The molecule has 0 saturated carbocycles. The number of rotatable bonds is 3. The number of carbonyl (C=O) groups excluding carboxylic acids is 2. The molecule has 2 rings (SSSR count). The van der Waals surface area contributed by atoms with Crippen LogP contribution in [0.2, 0.25) is 0 Å². The van der Waals surface area contributed by atoms with Crippen LogP contribution in [0.15, 0.2) is 46.9 Å². The van der Waals surface area contributed by atoms with Crippen molar-refractivity contribution in [1.29, 1.82) is 0 Å². The van der Waals surface area contributed by atoms with Crippen molar-refractivity contribution in [3.8, 4) is 0 Å². The summed E-state index contributed by atoms with van der Waals surface area (Å²) in [6, 6.07) is 10.3. The summed E-state index contributed by atoms with van der Waals surface area (Å²) in [5, 5.41) is 7.59. The van der Waals surface area contributed by atoms with Crippen molar-refractivity contribution in [1.82, 2.24) is 5.32 Å². The fraction of sp³-hybridized carbons (Fsp3) is 0.0667. The van der Waals surface area contributed by atoms with E-state index in [4.69, 9.17) is 0 Å². The maximum Gasteiger partial charge on any atom is 0.318 e. The molecule has 0 radical (unpaired) electrons. The molecule has 0 unspecified atom stereocenters. The summed E-state index contributed by atoms with van der Waals surface area (Å²) in [5.74, 6) is -1.18. The fourth-order valence-electron chi connectivity index (χ4n) is 1.74. The largest absolute Gasteiger partial charge is 0.341 e. The normalized spacial score (nSPS) is 9.95. The zero-order chi connectivity index (χ0) is 16.1. The number of benzene rings is 2. The maximum atomic E-state index is 13.7. The summed E-state index contributed by atoms with van der Waals surface area (Å²) in [6.45, 7) is 0. The van der Waals surface area contributed by atoms with Crippen LogP contribution in [-0.2, 0) is 0 Å². The standard InChI is InChI=1S/C15H13BrFN3O2/c1-18-15(22)20-11-4-2-3-10(8-11)19-14(21)12-7-9(16)5-6-13(12)17/h2-8H,1H3,(H,19,21)(H2,18,20,22). The number of amides is 3. The first kappa shape index (κ1) is 16.0. The van der Waals surface area contributed by atoms with Gasteiger partial charge in [0.2, 0.25) is 0 Å². The molecule has 3 amide bonds. The molecule has 2 aromatic rings. The molecule has 0 fully saturated rings. The molecule has 3 N–H and O–H groups in total. The van der Waals surface area contributed by atoms with E-state index in [2.05, 4.69) is 31.9 Å². The van der Waals surface area contributed by atoms with Crippen LogP contribution in [0.25, 0.3) is 0 Å². The van der Waals surface area contributed by atoms with Crippen LogP contribution in [0.4, 0.5) is 20.6 Å². The molecular weight excluding hydrogens is 353 g/mol. The van der Waals surface area contributed by atoms with E-state index in [9.17, 15) is 14.0 Å². The Balaban J connectivity index is 2.16. The van der Waals surface area contributed by atoms with Crippen LogP contribution < -0.4 is 16.0 Å². The van der Waals surface area contributed by atoms with Crippen LogP contribution >= 0.6 is 15.9 Å². The highest BCUT2D eigenvalue weighted by Gasteiger charge is 2.12. The van der Waals surface area contributed by atoms with E-state index < -0.39 is 11.7 Å². The van der Waals surface area contributed by atoms with Crippen molar-refractivity contribution in [2.45, 2.75) is 0 Å². The molecule has 2 aromatic carbocycles. The Morgan fingerprint density at radius 1 is 1.05 bits per heavy atom. The van der Waals surface area contributed by atoms with Crippen LogP contribution in [0.1, 0.15) is 10.4 Å². The van der Waals surface area contributed by atoms with Crippen molar-refractivity contribution in [3.05, 3.63) is 58.3 Å². The lowest BCUT2D eigenvalue weighted by atomic mass is 10.2. The second-order valence-electron chi connectivity index (χ2n) is 4.36. The molecule has 0 bridgehead atoms. The first-order valence-electron chi connectivity index (χ1n) is 6.35. The summed E-state index contributed by atoms with van der Waals surface area (Å²) >= 11 is 3.20. The predicted octanol–water partition coefficient (Wildman–Crippen LogP) is 3.59. The number of carbonyl (C=O) groups is 2. The minimum Gasteiger partial charge on any atom is -0.341 e. The SMILES string of the molecule is CNC(=O)Nc1cccc(NC(=O)c2cc(Br)ccc2F)c1. The smallest absolute Gasteiger partial charge is 0.318 e. The van der Waals surface area contributed by atoms with E-state index in [1.54, 1.807) is 24.3 Å². The lowest BCUT2D eigenvalue weighted by Gasteiger charge is -2.09. The molecule has 0 aliphatic carbocycles. The Morgan fingerprint density at radius 3 is 2.41 bits per heavy atom. The van der Waals surface area contributed by atoms with Gasteiger partial charge < -0.3 is 16.0 Å². The summed E-state index contributed by atoms with van der Waals surface area (Å²) in [5.41, 5.74) is 0.879. The van der Waals surface area contributed by atoms with E-state index in [1.807, 2.05) is 0 Å². The van der Waals surface area contributed by atoms with Crippen LogP contribution in [0, 0.1) is 5.82 Å². The second-order valence-corrected chi connectivity index (χ2v) is 5.28. The number of nitrogens with one attached hydrogen (secondary N) is 3. The second kappa shape index (κ2) is 7.04. The molecule has 114 valence electrons. The van der Waals surface area contributed by atoms with Crippen molar-refractivity contribution in [2.24, 2.45) is 0 Å². The van der Waals surface area contributed by atoms with E-state index in [0.29, 0.717) is 15.8 Å². The molecule has 0 saturated heterocycles. The topological polar surface area (TPSA) is 70.2 Å². The first-order valence-corrected chi connectivity index (χ1v) is 7.14. The van der Waals surface area contributed by atoms with E-state index in [-0.39, 0.29) is 11.6 Å².